The van der Waals surface area contributed by atoms with E-state index in [-0.39, 0.29) is 26.2 Å². The van der Waals surface area contributed by atoms with E-state index in [2.05, 4.69) is 50.3 Å². The summed E-state index contributed by atoms with van der Waals surface area (Å²) in [6.07, 6.45) is 34.4. The van der Waals surface area contributed by atoms with E-state index < -0.39 is 19.9 Å². The summed E-state index contributed by atoms with van der Waals surface area (Å²) in [4.78, 5) is 22.7. The molecule has 46 heavy (non-hydrogen) atoms. The van der Waals surface area contributed by atoms with Crippen LogP contribution in [0.3, 0.4) is 0 Å². The fourth-order valence-corrected chi connectivity index (χ4v) is 5.13. The number of allylic oxidation sites excluding steroid dienone is 8. The first kappa shape index (κ1) is 44.5. The highest BCUT2D eigenvalue weighted by molar-refractivity contribution is 7.47. The first-order valence-corrected chi connectivity index (χ1v) is 19.4. The van der Waals surface area contributed by atoms with E-state index in [9.17, 15) is 14.3 Å². The van der Waals surface area contributed by atoms with Gasteiger partial charge in [0.2, 0.25) is 0 Å². The molecule has 0 saturated heterocycles. The minimum atomic E-state index is -4.28. The average Bonchev–Trinajstić information content (AvgIpc) is 2.99. The lowest BCUT2D eigenvalue weighted by molar-refractivity contribution is -0.870. The minimum Gasteiger partial charge on any atom is -0.457 e. The van der Waals surface area contributed by atoms with E-state index in [1.165, 1.54) is 57.8 Å². The Bertz CT molecular complexity index is 879. The molecule has 0 amide bonds. The van der Waals surface area contributed by atoms with E-state index in [4.69, 9.17) is 18.5 Å². The van der Waals surface area contributed by atoms with Gasteiger partial charge in [-0.3, -0.25) is 13.8 Å². The summed E-state index contributed by atoms with van der Waals surface area (Å²) in [6, 6.07) is 0. The molecule has 0 aromatic heterocycles. The molecule has 0 heterocycles. The van der Waals surface area contributed by atoms with Crippen molar-refractivity contribution in [3.8, 4) is 0 Å². The van der Waals surface area contributed by atoms with Crippen molar-refractivity contribution in [2.24, 2.45) is 0 Å². The van der Waals surface area contributed by atoms with Crippen LogP contribution in [-0.2, 0) is 27.9 Å². The molecular weight excluding hydrogens is 601 g/mol. The predicted octanol–water partition coefficient (Wildman–Crippen LogP) is 9.65. The summed E-state index contributed by atoms with van der Waals surface area (Å²) in [5.74, 6) is -0.395. The number of phosphoric ester groups is 1. The van der Waals surface area contributed by atoms with Crippen LogP contribution in [0, 0.1) is 0 Å². The Labute approximate surface area is 282 Å². The van der Waals surface area contributed by atoms with Gasteiger partial charge in [0, 0.05) is 13.0 Å². The molecule has 0 fully saturated rings. The van der Waals surface area contributed by atoms with Crippen LogP contribution < -0.4 is 0 Å². The topological polar surface area (TPSA) is 91.3 Å². The smallest absolute Gasteiger partial charge is 0.457 e. The molecule has 9 heteroatoms. The zero-order valence-electron chi connectivity index (χ0n) is 30.0. The molecule has 0 rings (SSSR count). The van der Waals surface area contributed by atoms with Gasteiger partial charge in [-0.1, -0.05) is 127 Å². The molecule has 0 aliphatic heterocycles. The fourth-order valence-electron chi connectivity index (χ4n) is 4.39. The number of hydrogen-bond acceptors (Lipinski definition) is 6. The van der Waals surface area contributed by atoms with Gasteiger partial charge in [0.1, 0.15) is 19.3 Å². The third-order valence-electron chi connectivity index (χ3n) is 7.17. The largest absolute Gasteiger partial charge is 0.472 e. The highest BCUT2D eigenvalue weighted by Crippen LogP contribution is 2.43. The first-order chi connectivity index (χ1) is 22.1. The van der Waals surface area contributed by atoms with Crippen molar-refractivity contribution in [3.05, 3.63) is 48.6 Å². The second kappa shape index (κ2) is 30.8. The van der Waals surface area contributed by atoms with Gasteiger partial charge in [-0.05, 0) is 38.5 Å². The lowest BCUT2D eigenvalue weighted by Gasteiger charge is -2.24. The molecule has 268 valence electrons. The van der Waals surface area contributed by atoms with Gasteiger partial charge in [-0.25, -0.2) is 4.57 Å². The fraction of sp³-hybridized carbons (Fsp3) is 0.757. The molecule has 0 bridgehead atoms. The number of carbonyl (C=O) groups excluding carboxylic acids is 1. The second-order valence-electron chi connectivity index (χ2n) is 12.9. The molecule has 0 saturated carbocycles. The Morgan fingerprint density at radius 1 is 0.696 bits per heavy atom. The highest BCUT2D eigenvalue weighted by atomic mass is 31.2. The summed E-state index contributed by atoms with van der Waals surface area (Å²) in [6.45, 7) is 5.38. The molecule has 0 spiro atoms. The average molecular weight is 671 g/mol. The van der Waals surface area contributed by atoms with Gasteiger partial charge in [-0.2, -0.15) is 0 Å². The minimum absolute atomic E-state index is 0.0754. The van der Waals surface area contributed by atoms with Gasteiger partial charge in [0.25, 0.3) is 0 Å². The molecule has 2 unspecified atom stereocenters. The number of carbonyl (C=O) groups is 1. The Balaban J connectivity index is 4.47. The van der Waals surface area contributed by atoms with Crippen LogP contribution in [0.1, 0.15) is 123 Å². The maximum Gasteiger partial charge on any atom is 0.472 e. The molecule has 0 aliphatic rings. The Hall–Kier alpha value is -1.54. The third-order valence-corrected chi connectivity index (χ3v) is 8.15. The van der Waals surface area contributed by atoms with Crippen molar-refractivity contribution in [1.82, 2.24) is 0 Å². The van der Waals surface area contributed by atoms with E-state index in [0.717, 1.165) is 38.5 Å². The summed E-state index contributed by atoms with van der Waals surface area (Å²) < 4.78 is 34.6. The van der Waals surface area contributed by atoms with Crippen LogP contribution in [-0.4, -0.2) is 75.6 Å². The number of phosphoric acid groups is 1. The van der Waals surface area contributed by atoms with Crippen molar-refractivity contribution in [3.63, 3.8) is 0 Å². The molecule has 8 nitrogen and oxygen atoms in total. The van der Waals surface area contributed by atoms with Gasteiger partial charge in [0.15, 0.2) is 0 Å². The molecule has 1 N–H and O–H groups in total. The molecule has 2 atom stereocenters. The van der Waals surface area contributed by atoms with Crippen LogP contribution in [0.15, 0.2) is 48.6 Å². The molecular formula is C37H69NO7P+. The molecule has 0 aliphatic carbocycles. The van der Waals surface area contributed by atoms with E-state index in [0.29, 0.717) is 24.1 Å². The van der Waals surface area contributed by atoms with Crippen LogP contribution in [0.25, 0.3) is 0 Å². The highest BCUT2D eigenvalue weighted by Gasteiger charge is 2.26. The lowest BCUT2D eigenvalue weighted by Crippen LogP contribution is -2.37. The van der Waals surface area contributed by atoms with Crippen LogP contribution >= 0.6 is 7.82 Å². The standard InChI is InChI=1S/C37H68NO7P/c1-6-8-10-12-14-16-18-19-20-22-24-26-28-30-37(39)45-36(35-44-46(40,41)43-33-31-38(3,4)5)34-42-32-29-27-25-23-21-17-15-13-11-9-7-2/h8,10,14,16,19-20,24,26,36H,6-7,9,11-13,15,17-18,21-23,25,27-35H2,1-5H3/p+1/b10-8-,16-14-,20-19-,26-24-. The second-order valence-corrected chi connectivity index (χ2v) is 14.3. The zero-order chi connectivity index (χ0) is 34.2. The van der Waals surface area contributed by atoms with Crippen molar-refractivity contribution in [2.45, 2.75) is 129 Å². The Morgan fingerprint density at radius 3 is 1.76 bits per heavy atom. The van der Waals surface area contributed by atoms with E-state index in [1.54, 1.807) is 0 Å². The monoisotopic (exact) mass is 670 g/mol. The van der Waals surface area contributed by atoms with Crippen molar-refractivity contribution >= 4 is 13.8 Å². The van der Waals surface area contributed by atoms with Gasteiger partial charge >= 0.3 is 13.8 Å². The Morgan fingerprint density at radius 2 is 1.22 bits per heavy atom. The normalized spacial score (nSPS) is 14.7. The number of quaternary nitrogens is 1. The number of hydrogen-bond donors (Lipinski definition) is 1. The van der Waals surface area contributed by atoms with Crippen molar-refractivity contribution in [2.75, 3.05) is 54.1 Å². The summed E-state index contributed by atoms with van der Waals surface area (Å²) in [7, 11) is 1.62. The number of rotatable bonds is 32. The lowest BCUT2D eigenvalue weighted by atomic mass is 10.1. The quantitative estimate of drug-likeness (QED) is 0.0251. The summed E-state index contributed by atoms with van der Waals surface area (Å²) in [5, 5.41) is 0. The van der Waals surface area contributed by atoms with Gasteiger partial charge in [-0.15, -0.1) is 0 Å². The number of unbranched alkanes of at least 4 members (excludes halogenated alkanes) is 10. The maximum atomic E-state index is 12.5. The number of ether oxygens (including phenoxy) is 2. The predicted molar refractivity (Wildman–Crippen MR) is 192 cm³/mol. The van der Waals surface area contributed by atoms with E-state index in [1.807, 2.05) is 33.3 Å². The number of esters is 1. The van der Waals surface area contributed by atoms with Crippen LogP contribution in [0.5, 0.6) is 0 Å². The van der Waals surface area contributed by atoms with Gasteiger partial charge in [0.05, 0.1) is 34.4 Å². The van der Waals surface area contributed by atoms with Crippen LogP contribution in [0.4, 0.5) is 0 Å². The zero-order valence-corrected chi connectivity index (χ0v) is 30.9. The summed E-state index contributed by atoms with van der Waals surface area (Å²) in [5.41, 5.74) is 0. The van der Waals surface area contributed by atoms with Crippen molar-refractivity contribution in [1.29, 1.82) is 0 Å². The molecule has 0 aromatic rings. The maximum absolute atomic E-state index is 12.5. The Kier molecular flexibility index (Phi) is 29.7. The first-order valence-electron chi connectivity index (χ1n) is 17.9. The van der Waals surface area contributed by atoms with Crippen molar-refractivity contribution < 1.29 is 37.3 Å². The van der Waals surface area contributed by atoms with Gasteiger partial charge < -0.3 is 18.9 Å². The van der Waals surface area contributed by atoms with Crippen LogP contribution in [0.2, 0.25) is 0 Å². The van der Waals surface area contributed by atoms with E-state index >= 15 is 0 Å². The SMILES string of the molecule is CC/C=C\C/C=C\C/C=C\C/C=C\CCC(=O)OC(COCCCCCCCCCCCCC)COP(=O)(O)OCC[N+](C)(C)C. The molecule has 0 aromatic carbocycles. The third kappa shape index (κ3) is 33.8. The summed E-state index contributed by atoms with van der Waals surface area (Å²) >= 11 is 0. The number of nitrogens with zero attached hydrogens (tertiary/aromatic N) is 1. The number of likely N-dealkylation sites (N-methyl/N-ethyl adjacent to an activating group) is 1. The molecule has 0 radical (unpaired) electrons.